The van der Waals surface area contributed by atoms with Crippen LogP contribution in [0.3, 0.4) is 0 Å². The summed E-state index contributed by atoms with van der Waals surface area (Å²) in [6.45, 7) is -0.141. The number of hydrogen-bond donors (Lipinski definition) is 2. The number of aliphatic hydroxyl groups excluding tert-OH is 1. The van der Waals surface area contributed by atoms with E-state index in [2.05, 4.69) is 12.1 Å². The first-order valence-corrected chi connectivity index (χ1v) is 6.78. The van der Waals surface area contributed by atoms with Gasteiger partial charge in [0, 0.05) is 0 Å². The molecule has 2 N–H and O–H groups in total. The topological polar surface area (TPSA) is 58.9 Å². The van der Waals surface area contributed by atoms with Gasteiger partial charge < -0.3 is 10.1 Å². The lowest BCUT2D eigenvalue weighted by molar-refractivity contribution is -0.225. The molecule has 0 fully saturated rings. The standard InChI is InChI=1S/C16H15BO4/c18-8-9-20-21-17(19)16-7-3-6-14-10-12-4-1-2-5-13(12)11-15(14)16/h1-7,10-11,18-19H,8-9H2. The molecule has 0 atom stereocenters. The molecule has 3 aromatic rings. The minimum atomic E-state index is -1.19. The van der Waals surface area contributed by atoms with Gasteiger partial charge in [0.05, 0.1) is 6.61 Å². The van der Waals surface area contributed by atoms with Crippen LogP contribution in [-0.2, 0) is 9.69 Å². The van der Waals surface area contributed by atoms with Crippen molar-refractivity contribution in [2.45, 2.75) is 0 Å². The molecular formula is C16H15BO4. The van der Waals surface area contributed by atoms with Gasteiger partial charge in [-0.1, -0.05) is 42.5 Å². The van der Waals surface area contributed by atoms with Gasteiger partial charge in [-0.3, -0.25) is 4.81 Å². The van der Waals surface area contributed by atoms with Crippen molar-refractivity contribution < 1.29 is 19.8 Å². The quantitative estimate of drug-likeness (QED) is 0.245. The summed E-state index contributed by atoms with van der Waals surface area (Å²) in [6, 6.07) is 17.8. The highest BCUT2D eigenvalue weighted by molar-refractivity contribution is 6.63. The Morgan fingerprint density at radius 3 is 2.38 bits per heavy atom. The number of fused-ring (bicyclic) bond motifs is 2. The summed E-state index contributed by atoms with van der Waals surface area (Å²) in [4.78, 5) is 9.62. The smallest absolute Gasteiger partial charge is 0.422 e. The van der Waals surface area contributed by atoms with Crippen LogP contribution in [0.25, 0.3) is 21.5 Å². The molecule has 4 nitrogen and oxygen atoms in total. The van der Waals surface area contributed by atoms with Gasteiger partial charge in [-0.2, -0.15) is 0 Å². The second-order valence-electron chi connectivity index (χ2n) is 4.76. The van der Waals surface area contributed by atoms with Crippen LogP contribution in [0.1, 0.15) is 0 Å². The minimum absolute atomic E-state index is 0.0186. The van der Waals surface area contributed by atoms with Crippen molar-refractivity contribution >= 4 is 34.1 Å². The Morgan fingerprint density at radius 2 is 1.62 bits per heavy atom. The second-order valence-corrected chi connectivity index (χ2v) is 4.76. The summed E-state index contributed by atoms with van der Waals surface area (Å²) in [7, 11) is -1.19. The highest BCUT2D eigenvalue weighted by Crippen LogP contribution is 2.21. The van der Waals surface area contributed by atoms with Crippen LogP contribution in [0.5, 0.6) is 0 Å². The lowest BCUT2D eigenvalue weighted by Gasteiger charge is -2.11. The first-order chi connectivity index (χ1) is 10.3. The molecule has 0 amide bonds. The fourth-order valence-electron chi connectivity index (χ4n) is 2.41. The van der Waals surface area contributed by atoms with E-state index in [9.17, 15) is 5.02 Å². The van der Waals surface area contributed by atoms with Crippen LogP contribution in [0, 0.1) is 0 Å². The predicted octanol–water partition coefficient (Wildman–Crippen LogP) is 1.62. The summed E-state index contributed by atoms with van der Waals surface area (Å²) in [5.74, 6) is 0. The van der Waals surface area contributed by atoms with E-state index >= 15 is 0 Å². The molecule has 3 aromatic carbocycles. The maximum Gasteiger partial charge on any atom is 0.523 e. The Balaban J connectivity index is 2.04. The van der Waals surface area contributed by atoms with Crippen LogP contribution in [0.2, 0.25) is 0 Å². The predicted molar refractivity (Wildman–Crippen MR) is 83.2 cm³/mol. The molecule has 0 radical (unpaired) electrons. The number of aliphatic hydroxyl groups is 1. The zero-order valence-electron chi connectivity index (χ0n) is 11.4. The van der Waals surface area contributed by atoms with E-state index < -0.39 is 7.12 Å². The lowest BCUT2D eigenvalue weighted by atomic mass is 9.76. The van der Waals surface area contributed by atoms with Crippen LogP contribution in [-0.4, -0.2) is 30.5 Å². The van der Waals surface area contributed by atoms with E-state index in [0.717, 1.165) is 21.5 Å². The van der Waals surface area contributed by atoms with Gasteiger partial charge in [0.25, 0.3) is 0 Å². The molecule has 0 aliphatic heterocycles. The Morgan fingerprint density at radius 1 is 0.905 bits per heavy atom. The molecule has 0 saturated carbocycles. The Labute approximate surface area is 122 Å². The van der Waals surface area contributed by atoms with Gasteiger partial charge in [-0.25, -0.2) is 4.89 Å². The number of hydrogen-bond acceptors (Lipinski definition) is 4. The molecule has 5 heteroatoms. The third-order valence-electron chi connectivity index (χ3n) is 3.38. The van der Waals surface area contributed by atoms with E-state index in [4.69, 9.17) is 14.8 Å². The molecule has 0 bridgehead atoms. The largest absolute Gasteiger partial charge is 0.523 e. The van der Waals surface area contributed by atoms with Gasteiger partial charge in [-0.15, -0.1) is 0 Å². The average Bonchev–Trinajstić information content (AvgIpc) is 2.52. The summed E-state index contributed by atoms with van der Waals surface area (Å²) in [6.07, 6.45) is 0. The van der Waals surface area contributed by atoms with Crippen molar-refractivity contribution in [1.82, 2.24) is 0 Å². The molecule has 0 unspecified atom stereocenters. The van der Waals surface area contributed by atoms with Crippen molar-refractivity contribution in [1.29, 1.82) is 0 Å². The Hall–Kier alpha value is -1.92. The van der Waals surface area contributed by atoms with Crippen LogP contribution < -0.4 is 5.46 Å². The molecule has 0 saturated heterocycles. The fourth-order valence-corrected chi connectivity index (χ4v) is 2.41. The molecule has 0 aromatic heterocycles. The Kier molecular flexibility index (Phi) is 4.17. The van der Waals surface area contributed by atoms with E-state index in [1.54, 1.807) is 6.07 Å². The third kappa shape index (κ3) is 2.91. The van der Waals surface area contributed by atoms with Crippen LogP contribution in [0.15, 0.2) is 54.6 Å². The number of benzene rings is 3. The lowest BCUT2D eigenvalue weighted by Crippen LogP contribution is -2.34. The minimum Gasteiger partial charge on any atom is -0.422 e. The van der Waals surface area contributed by atoms with E-state index in [1.165, 1.54) is 0 Å². The monoisotopic (exact) mass is 282 g/mol. The Bertz CT molecular complexity index is 759. The van der Waals surface area contributed by atoms with Crippen molar-refractivity contribution in [3.8, 4) is 0 Å². The van der Waals surface area contributed by atoms with E-state index in [1.807, 2.05) is 36.4 Å². The second kappa shape index (κ2) is 6.24. The maximum atomic E-state index is 10.1. The van der Waals surface area contributed by atoms with Gasteiger partial charge in [0.15, 0.2) is 0 Å². The molecule has 0 spiro atoms. The number of rotatable bonds is 5. The third-order valence-corrected chi connectivity index (χ3v) is 3.38. The van der Waals surface area contributed by atoms with E-state index in [0.29, 0.717) is 5.46 Å². The zero-order chi connectivity index (χ0) is 14.7. The highest BCUT2D eigenvalue weighted by Gasteiger charge is 2.20. The van der Waals surface area contributed by atoms with Crippen molar-refractivity contribution in [2.24, 2.45) is 0 Å². The van der Waals surface area contributed by atoms with Crippen LogP contribution in [0.4, 0.5) is 0 Å². The molecule has 0 aliphatic rings. The van der Waals surface area contributed by atoms with Gasteiger partial charge in [0.1, 0.15) is 6.61 Å². The molecule has 106 valence electrons. The average molecular weight is 282 g/mol. The molecule has 0 heterocycles. The maximum absolute atomic E-state index is 10.1. The van der Waals surface area contributed by atoms with Crippen molar-refractivity contribution in [3.63, 3.8) is 0 Å². The highest BCUT2D eigenvalue weighted by atomic mass is 17.2. The van der Waals surface area contributed by atoms with Crippen molar-refractivity contribution in [2.75, 3.05) is 13.2 Å². The van der Waals surface area contributed by atoms with Gasteiger partial charge in [0.2, 0.25) is 0 Å². The van der Waals surface area contributed by atoms with E-state index in [-0.39, 0.29) is 13.2 Å². The molecular weight excluding hydrogens is 267 g/mol. The molecule has 3 rings (SSSR count). The molecule has 21 heavy (non-hydrogen) atoms. The van der Waals surface area contributed by atoms with Crippen LogP contribution >= 0.6 is 0 Å². The summed E-state index contributed by atoms with van der Waals surface area (Å²) >= 11 is 0. The summed E-state index contributed by atoms with van der Waals surface area (Å²) in [5.41, 5.74) is 0.635. The first kappa shape index (κ1) is 14.0. The summed E-state index contributed by atoms with van der Waals surface area (Å²) < 4.78 is 0. The van der Waals surface area contributed by atoms with Gasteiger partial charge >= 0.3 is 7.12 Å². The normalized spacial score (nSPS) is 11.1. The SMILES string of the molecule is OCCOOB(O)c1cccc2cc3ccccc3cc12. The fraction of sp³-hybridized carbons (Fsp3) is 0.125. The molecule has 0 aliphatic carbocycles. The first-order valence-electron chi connectivity index (χ1n) is 6.78. The van der Waals surface area contributed by atoms with Gasteiger partial charge in [-0.05, 0) is 39.1 Å². The van der Waals surface area contributed by atoms with Crippen molar-refractivity contribution in [3.05, 3.63) is 54.6 Å². The zero-order valence-corrected chi connectivity index (χ0v) is 11.4. The summed E-state index contributed by atoms with van der Waals surface area (Å²) in [5, 5.41) is 22.9.